The molecule has 3 nitrogen and oxygen atoms in total. The Bertz CT molecular complexity index is 252. The molecule has 5 heteroatoms. The summed E-state index contributed by atoms with van der Waals surface area (Å²) >= 11 is 6.09. The highest BCUT2D eigenvalue weighted by atomic mass is 35.5. The van der Waals surface area contributed by atoms with Gasteiger partial charge >= 0.3 is 6.09 Å². The number of hydrogen-bond donors (Lipinski definition) is 0. The Balaban J connectivity index is 4.00. The Hall–Kier alpha value is -0.223. The van der Waals surface area contributed by atoms with Gasteiger partial charge < -0.3 is 9.64 Å². The molecule has 120 valence electrons. The number of alkyl halides is 1. The zero-order valence-electron chi connectivity index (χ0n) is 13.7. The Morgan fingerprint density at radius 3 is 2.35 bits per heavy atom. The summed E-state index contributed by atoms with van der Waals surface area (Å²) in [4.78, 5) is 13.1. The standard InChI is InChI=1S/C15H32ClNO2Si/c1-5-7-8-9-10-11-13(12-16)20-14(6-2)19-15(18)17(3)4/h13-14H,5-12,20H2,1-4H3. The van der Waals surface area contributed by atoms with Crippen molar-refractivity contribution in [2.24, 2.45) is 0 Å². The third-order valence-corrected chi connectivity index (χ3v) is 7.05. The lowest BCUT2D eigenvalue weighted by molar-refractivity contribution is 0.102. The molecule has 0 aromatic heterocycles. The lowest BCUT2D eigenvalue weighted by atomic mass is 10.1. The maximum absolute atomic E-state index is 11.6. The van der Waals surface area contributed by atoms with E-state index in [0.717, 1.165) is 12.3 Å². The number of hydrogen-bond acceptors (Lipinski definition) is 2. The number of carbonyl (C=O) groups excluding carboxylic acids is 1. The van der Waals surface area contributed by atoms with Crippen molar-refractivity contribution in [1.29, 1.82) is 0 Å². The summed E-state index contributed by atoms with van der Waals surface area (Å²) in [6, 6.07) is 0. The molecule has 0 spiro atoms. The fourth-order valence-electron chi connectivity index (χ4n) is 2.21. The molecule has 0 heterocycles. The highest BCUT2D eigenvalue weighted by molar-refractivity contribution is 6.41. The molecule has 0 aliphatic rings. The highest BCUT2D eigenvalue weighted by Gasteiger charge is 2.19. The fraction of sp³-hybridized carbons (Fsp3) is 0.933. The van der Waals surface area contributed by atoms with Gasteiger partial charge in [-0.3, -0.25) is 0 Å². The number of halogens is 1. The molecule has 0 fully saturated rings. The van der Waals surface area contributed by atoms with E-state index in [0.29, 0.717) is 5.54 Å². The van der Waals surface area contributed by atoms with Crippen LogP contribution in [0.2, 0.25) is 5.54 Å². The van der Waals surface area contributed by atoms with E-state index in [2.05, 4.69) is 13.8 Å². The molecule has 0 N–H and O–H groups in total. The number of carbonyl (C=O) groups is 1. The van der Waals surface area contributed by atoms with Gasteiger partial charge in [-0.2, -0.15) is 0 Å². The molecule has 0 aliphatic carbocycles. The van der Waals surface area contributed by atoms with Crippen LogP contribution in [-0.4, -0.2) is 46.2 Å². The zero-order chi connectivity index (χ0) is 15.4. The predicted octanol–water partition coefficient (Wildman–Crippen LogP) is 3.98. The van der Waals surface area contributed by atoms with Gasteiger partial charge in [0.1, 0.15) is 0 Å². The second kappa shape index (κ2) is 12.5. The van der Waals surface area contributed by atoms with Crippen LogP contribution in [0.5, 0.6) is 0 Å². The minimum atomic E-state index is -0.477. The average Bonchev–Trinajstić information content (AvgIpc) is 2.44. The molecular weight excluding hydrogens is 290 g/mol. The van der Waals surface area contributed by atoms with Crippen molar-refractivity contribution < 1.29 is 9.53 Å². The van der Waals surface area contributed by atoms with Crippen LogP contribution in [0.1, 0.15) is 58.8 Å². The number of ether oxygens (including phenoxy) is 1. The van der Waals surface area contributed by atoms with E-state index >= 15 is 0 Å². The predicted molar refractivity (Wildman–Crippen MR) is 90.6 cm³/mol. The first-order chi connectivity index (χ1) is 9.54. The fourth-order valence-corrected chi connectivity index (χ4v) is 4.71. The smallest absolute Gasteiger partial charge is 0.409 e. The van der Waals surface area contributed by atoms with Crippen molar-refractivity contribution in [2.75, 3.05) is 20.0 Å². The van der Waals surface area contributed by atoms with E-state index in [1.807, 2.05) is 0 Å². The molecule has 0 rings (SSSR count). The van der Waals surface area contributed by atoms with Gasteiger partial charge in [-0.05, 0) is 12.0 Å². The van der Waals surface area contributed by atoms with Crippen LogP contribution in [-0.2, 0) is 4.74 Å². The van der Waals surface area contributed by atoms with Crippen LogP contribution >= 0.6 is 11.6 Å². The van der Waals surface area contributed by atoms with Gasteiger partial charge in [0, 0.05) is 20.0 Å². The first-order valence-electron chi connectivity index (χ1n) is 7.98. The molecule has 0 aromatic carbocycles. The number of amides is 1. The SMILES string of the molecule is CCCCCCCC(CCl)[SiH2]C(CC)OC(=O)N(C)C. The van der Waals surface area contributed by atoms with E-state index in [4.69, 9.17) is 16.3 Å². The Labute approximate surface area is 132 Å². The molecule has 0 saturated carbocycles. The normalized spacial score (nSPS) is 14.4. The van der Waals surface area contributed by atoms with E-state index < -0.39 is 9.52 Å². The topological polar surface area (TPSA) is 29.5 Å². The van der Waals surface area contributed by atoms with Crippen LogP contribution in [0.15, 0.2) is 0 Å². The molecule has 0 bridgehead atoms. The van der Waals surface area contributed by atoms with Crippen LogP contribution < -0.4 is 0 Å². The van der Waals surface area contributed by atoms with E-state index in [1.165, 1.54) is 43.4 Å². The summed E-state index contributed by atoms with van der Waals surface area (Å²) in [6.45, 7) is 4.33. The molecule has 2 atom stereocenters. The third kappa shape index (κ3) is 9.64. The van der Waals surface area contributed by atoms with Gasteiger partial charge in [-0.15, -0.1) is 11.6 Å². The van der Waals surface area contributed by atoms with Crippen LogP contribution in [0.25, 0.3) is 0 Å². The Kier molecular flexibility index (Phi) is 12.4. The zero-order valence-corrected chi connectivity index (χ0v) is 15.8. The lowest BCUT2D eigenvalue weighted by Crippen LogP contribution is -2.32. The first kappa shape index (κ1) is 19.8. The number of rotatable bonds is 11. The second-order valence-corrected chi connectivity index (χ2v) is 8.61. The molecule has 20 heavy (non-hydrogen) atoms. The van der Waals surface area contributed by atoms with Crippen molar-refractivity contribution in [3.63, 3.8) is 0 Å². The minimum Gasteiger partial charge on any atom is -0.451 e. The quantitative estimate of drug-likeness (QED) is 0.327. The van der Waals surface area contributed by atoms with Crippen molar-refractivity contribution in [3.8, 4) is 0 Å². The molecular formula is C15H32ClNO2Si. The van der Waals surface area contributed by atoms with Gasteiger partial charge in [-0.25, -0.2) is 4.79 Å². The molecule has 0 aliphatic heterocycles. The Morgan fingerprint density at radius 2 is 1.85 bits per heavy atom. The molecule has 0 aromatic rings. The summed E-state index contributed by atoms with van der Waals surface area (Å²) in [5.41, 5.74) is 0.725. The lowest BCUT2D eigenvalue weighted by Gasteiger charge is -2.22. The monoisotopic (exact) mass is 321 g/mol. The molecule has 0 saturated heterocycles. The van der Waals surface area contributed by atoms with Gasteiger partial charge in [0.15, 0.2) is 0 Å². The van der Waals surface area contributed by atoms with E-state index in [9.17, 15) is 4.79 Å². The molecule has 2 unspecified atom stereocenters. The first-order valence-corrected chi connectivity index (χ1v) is 10.2. The number of nitrogens with zero attached hydrogens (tertiary/aromatic N) is 1. The summed E-state index contributed by atoms with van der Waals surface area (Å²) in [5.74, 6) is 0.718. The minimum absolute atomic E-state index is 0.129. The molecule has 0 radical (unpaired) electrons. The highest BCUT2D eigenvalue weighted by Crippen LogP contribution is 2.20. The van der Waals surface area contributed by atoms with Crippen LogP contribution in [0.3, 0.4) is 0 Å². The average molecular weight is 322 g/mol. The Morgan fingerprint density at radius 1 is 1.20 bits per heavy atom. The van der Waals surface area contributed by atoms with Gasteiger partial charge in [-0.1, -0.05) is 52.4 Å². The number of unbranched alkanes of at least 4 members (excludes halogenated alkanes) is 4. The van der Waals surface area contributed by atoms with Crippen molar-refractivity contribution >= 4 is 27.2 Å². The maximum Gasteiger partial charge on any atom is 0.409 e. The van der Waals surface area contributed by atoms with Crippen molar-refractivity contribution in [2.45, 2.75) is 70.1 Å². The summed E-state index contributed by atoms with van der Waals surface area (Å²) in [7, 11) is 2.97. The van der Waals surface area contributed by atoms with Gasteiger partial charge in [0.2, 0.25) is 0 Å². The van der Waals surface area contributed by atoms with E-state index in [-0.39, 0.29) is 11.8 Å². The molecule has 1 amide bonds. The second-order valence-electron chi connectivity index (χ2n) is 5.77. The van der Waals surface area contributed by atoms with Crippen LogP contribution in [0.4, 0.5) is 4.79 Å². The van der Waals surface area contributed by atoms with Crippen LogP contribution in [0, 0.1) is 0 Å². The van der Waals surface area contributed by atoms with E-state index in [1.54, 1.807) is 14.1 Å². The van der Waals surface area contributed by atoms with Gasteiger partial charge in [0.05, 0.1) is 15.2 Å². The summed E-state index contributed by atoms with van der Waals surface area (Å²) in [6.07, 6.45) is 8.42. The summed E-state index contributed by atoms with van der Waals surface area (Å²) < 4.78 is 5.53. The van der Waals surface area contributed by atoms with Crippen molar-refractivity contribution in [1.82, 2.24) is 4.90 Å². The summed E-state index contributed by atoms with van der Waals surface area (Å²) in [5, 5.41) is 0. The van der Waals surface area contributed by atoms with Crippen molar-refractivity contribution in [3.05, 3.63) is 0 Å². The van der Waals surface area contributed by atoms with Gasteiger partial charge in [0.25, 0.3) is 0 Å². The largest absolute Gasteiger partial charge is 0.451 e. The maximum atomic E-state index is 11.6. The third-order valence-electron chi connectivity index (χ3n) is 3.62.